The van der Waals surface area contributed by atoms with Crippen molar-refractivity contribution in [1.82, 2.24) is 20.8 Å². The molecule has 1 heterocycles. The summed E-state index contributed by atoms with van der Waals surface area (Å²) in [5.74, 6) is 0.408. The molecule has 2 rings (SSSR count). The molecule has 0 fully saturated rings. The molecule has 0 bridgehead atoms. The molecule has 0 saturated carbocycles. The van der Waals surface area contributed by atoms with Crippen LogP contribution >= 0.6 is 0 Å². The molecule has 0 atom stereocenters. The first kappa shape index (κ1) is 14.0. The van der Waals surface area contributed by atoms with Gasteiger partial charge in [0.05, 0.1) is 18.8 Å². The lowest BCUT2D eigenvalue weighted by atomic mass is 10.2. The number of H-pyrrole nitrogens is 1. The number of benzene rings is 1. The Morgan fingerprint density at radius 3 is 2.85 bits per heavy atom. The minimum Gasteiger partial charge on any atom is -0.357 e. The van der Waals surface area contributed by atoms with Crippen molar-refractivity contribution in [3.63, 3.8) is 0 Å². The summed E-state index contributed by atoms with van der Waals surface area (Å²) in [5, 5.41) is 13.0. The predicted octanol–water partition coefficient (Wildman–Crippen LogP) is 1.80. The van der Waals surface area contributed by atoms with Crippen LogP contribution in [0.3, 0.4) is 0 Å². The first-order chi connectivity index (χ1) is 9.79. The molecule has 1 aromatic carbocycles. The molecule has 0 radical (unpaired) electrons. The number of hydrogen-bond acceptors (Lipinski definition) is 2. The molecule has 0 aliphatic heterocycles. The summed E-state index contributed by atoms with van der Waals surface area (Å²) >= 11 is 0. The maximum Gasteiger partial charge on any atom is 0.191 e. The summed E-state index contributed by atoms with van der Waals surface area (Å²) in [6.07, 6.45) is 1.69. The number of aliphatic imine (C=N–C) groups is 1. The second-order valence-electron chi connectivity index (χ2n) is 4.22. The molecule has 0 saturated heterocycles. The van der Waals surface area contributed by atoms with Crippen LogP contribution in [-0.2, 0) is 13.1 Å². The highest BCUT2D eigenvalue weighted by Gasteiger charge is 2.02. The average molecular weight is 275 g/mol. The van der Waals surface area contributed by atoms with E-state index in [1.807, 2.05) is 13.0 Å². The lowest BCUT2D eigenvalue weighted by molar-refractivity contribution is 0.610. The van der Waals surface area contributed by atoms with E-state index in [1.54, 1.807) is 24.4 Å². The lowest BCUT2D eigenvalue weighted by Crippen LogP contribution is -2.36. The standard InChI is InChI=1S/C14H18FN5/c1-2-16-14(18-10-12-7-8-19-20-12)17-9-11-5-3-4-6-13(11)15/h3-8H,2,9-10H2,1H3,(H,19,20)(H2,16,17,18). The van der Waals surface area contributed by atoms with Gasteiger partial charge in [0.2, 0.25) is 0 Å². The van der Waals surface area contributed by atoms with E-state index >= 15 is 0 Å². The highest BCUT2D eigenvalue weighted by Crippen LogP contribution is 2.07. The van der Waals surface area contributed by atoms with Crippen LogP contribution in [0.15, 0.2) is 41.5 Å². The Labute approximate surface area is 117 Å². The zero-order chi connectivity index (χ0) is 14.2. The van der Waals surface area contributed by atoms with Crippen LogP contribution in [-0.4, -0.2) is 22.7 Å². The molecule has 0 amide bonds. The molecule has 0 aliphatic carbocycles. The summed E-state index contributed by atoms with van der Waals surface area (Å²) in [4.78, 5) is 4.36. The summed E-state index contributed by atoms with van der Waals surface area (Å²) < 4.78 is 13.5. The number of aromatic nitrogens is 2. The van der Waals surface area contributed by atoms with Crippen molar-refractivity contribution in [2.75, 3.05) is 6.54 Å². The van der Waals surface area contributed by atoms with Gasteiger partial charge in [-0.1, -0.05) is 18.2 Å². The third-order valence-electron chi connectivity index (χ3n) is 2.71. The van der Waals surface area contributed by atoms with Gasteiger partial charge in [0, 0.05) is 18.3 Å². The Morgan fingerprint density at radius 1 is 1.30 bits per heavy atom. The second-order valence-corrected chi connectivity index (χ2v) is 4.22. The highest BCUT2D eigenvalue weighted by molar-refractivity contribution is 5.79. The Kier molecular flexibility index (Phi) is 5.11. The Bertz CT molecular complexity index is 550. The third kappa shape index (κ3) is 4.08. The maximum atomic E-state index is 13.5. The van der Waals surface area contributed by atoms with Crippen molar-refractivity contribution >= 4 is 5.96 Å². The van der Waals surface area contributed by atoms with E-state index in [9.17, 15) is 4.39 Å². The SMILES string of the molecule is CCNC(=NCc1ccccc1F)NCc1ccn[nH]1. The van der Waals surface area contributed by atoms with E-state index in [4.69, 9.17) is 0 Å². The Hall–Kier alpha value is -2.37. The van der Waals surface area contributed by atoms with E-state index in [0.29, 0.717) is 24.6 Å². The van der Waals surface area contributed by atoms with E-state index < -0.39 is 0 Å². The van der Waals surface area contributed by atoms with Crippen molar-refractivity contribution in [2.24, 2.45) is 4.99 Å². The molecule has 6 heteroatoms. The fraction of sp³-hybridized carbons (Fsp3) is 0.286. The normalized spacial score (nSPS) is 11.4. The van der Waals surface area contributed by atoms with Gasteiger partial charge in [0.25, 0.3) is 0 Å². The first-order valence-corrected chi connectivity index (χ1v) is 6.53. The Balaban J connectivity index is 1.96. The number of nitrogens with one attached hydrogen (secondary N) is 3. The summed E-state index contributed by atoms with van der Waals surface area (Å²) in [6.45, 7) is 3.61. The molecule has 0 aliphatic rings. The van der Waals surface area contributed by atoms with Crippen LogP contribution in [0.5, 0.6) is 0 Å². The van der Waals surface area contributed by atoms with Gasteiger partial charge in [0.1, 0.15) is 5.82 Å². The van der Waals surface area contributed by atoms with E-state index in [2.05, 4.69) is 25.8 Å². The minimum atomic E-state index is -0.235. The van der Waals surface area contributed by atoms with Gasteiger partial charge in [-0.25, -0.2) is 9.38 Å². The number of rotatable bonds is 5. The third-order valence-corrected chi connectivity index (χ3v) is 2.71. The summed E-state index contributed by atoms with van der Waals surface area (Å²) in [5.41, 5.74) is 1.53. The van der Waals surface area contributed by atoms with Crippen LogP contribution in [0.2, 0.25) is 0 Å². The van der Waals surface area contributed by atoms with Gasteiger partial charge < -0.3 is 10.6 Å². The summed E-state index contributed by atoms with van der Waals surface area (Å²) in [7, 11) is 0. The molecule has 2 aromatic rings. The quantitative estimate of drug-likeness (QED) is 0.576. The van der Waals surface area contributed by atoms with Crippen LogP contribution in [0.1, 0.15) is 18.2 Å². The van der Waals surface area contributed by atoms with E-state index in [0.717, 1.165) is 12.2 Å². The first-order valence-electron chi connectivity index (χ1n) is 6.53. The van der Waals surface area contributed by atoms with Crippen molar-refractivity contribution < 1.29 is 4.39 Å². The smallest absolute Gasteiger partial charge is 0.191 e. The molecular formula is C14H18FN5. The van der Waals surface area contributed by atoms with Gasteiger partial charge in [-0.15, -0.1) is 0 Å². The van der Waals surface area contributed by atoms with Crippen LogP contribution in [0, 0.1) is 5.82 Å². The monoisotopic (exact) mass is 275 g/mol. The minimum absolute atomic E-state index is 0.235. The molecule has 1 aromatic heterocycles. The number of aromatic amines is 1. The Morgan fingerprint density at radius 2 is 2.15 bits per heavy atom. The van der Waals surface area contributed by atoms with Crippen molar-refractivity contribution in [1.29, 1.82) is 0 Å². The fourth-order valence-electron chi connectivity index (χ4n) is 1.69. The lowest BCUT2D eigenvalue weighted by Gasteiger charge is -2.10. The summed E-state index contributed by atoms with van der Waals surface area (Å²) in [6, 6.07) is 8.53. The van der Waals surface area contributed by atoms with Crippen LogP contribution in [0.4, 0.5) is 4.39 Å². The van der Waals surface area contributed by atoms with Crippen molar-refractivity contribution in [3.05, 3.63) is 53.6 Å². The van der Waals surface area contributed by atoms with Gasteiger partial charge in [0.15, 0.2) is 5.96 Å². The average Bonchev–Trinajstić information content (AvgIpc) is 2.97. The molecule has 20 heavy (non-hydrogen) atoms. The molecule has 5 nitrogen and oxygen atoms in total. The number of halogens is 1. The molecule has 0 spiro atoms. The number of guanidine groups is 1. The van der Waals surface area contributed by atoms with Crippen LogP contribution in [0.25, 0.3) is 0 Å². The van der Waals surface area contributed by atoms with E-state index in [-0.39, 0.29) is 5.82 Å². The van der Waals surface area contributed by atoms with Gasteiger partial charge in [-0.2, -0.15) is 5.10 Å². The molecule has 0 unspecified atom stereocenters. The topological polar surface area (TPSA) is 65.1 Å². The zero-order valence-corrected chi connectivity index (χ0v) is 11.4. The predicted molar refractivity (Wildman–Crippen MR) is 76.6 cm³/mol. The second kappa shape index (κ2) is 7.28. The van der Waals surface area contributed by atoms with Crippen molar-refractivity contribution in [3.8, 4) is 0 Å². The molecule has 3 N–H and O–H groups in total. The fourth-order valence-corrected chi connectivity index (χ4v) is 1.69. The van der Waals surface area contributed by atoms with Gasteiger partial charge >= 0.3 is 0 Å². The number of hydrogen-bond donors (Lipinski definition) is 3. The maximum absolute atomic E-state index is 13.5. The zero-order valence-electron chi connectivity index (χ0n) is 11.4. The largest absolute Gasteiger partial charge is 0.357 e. The van der Waals surface area contributed by atoms with Crippen LogP contribution < -0.4 is 10.6 Å². The van der Waals surface area contributed by atoms with Gasteiger partial charge in [-0.3, -0.25) is 5.10 Å². The molecule has 106 valence electrons. The molecular weight excluding hydrogens is 257 g/mol. The van der Waals surface area contributed by atoms with Crippen molar-refractivity contribution in [2.45, 2.75) is 20.0 Å². The highest BCUT2D eigenvalue weighted by atomic mass is 19.1. The number of nitrogens with zero attached hydrogens (tertiary/aromatic N) is 2. The van der Waals surface area contributed by atoms with E-state index in [1.165, 1.54) is 6.07 Å². The van der Waals surface area contributed by atoms with Gasteiger partial charge in [-0.05, 0) is 19.1 Å².